The van der Waals surface area contributed by atoms with Crippen LogP contribution in [0, 0.1) is 19.7 Å². The third kappa shape index (κ3) is 3.43. The molecule has 19 heavy (non-hydrogen) atoms. The van der Waals surface area contributed by atoms with E-state index in [2.05, 4.69) is 48.0 Å². The van der Waals surface area contributed by atoms with E-state index in [0.717, 1.165) is 16.5 Å². The van der Waals surface area contributed by atoms with Gasteiger partial charge < -0.3 is 5.73 Å². The van der Waals surface area contributed by atoms with Crippen molar-refractivity contribution in [2.24, 2.45) is 5.73 Å². The van der Waals surface area contributed by atoms with E-state index in [-0.39, 0.29) is 11.9 Å². The lowest BCUT2D eigenvalue weighted by Gasteiger charge is -2.16. The first-order valence-electron chi connectivity index (χ1n) is 6.24. The van der Waals surface area contributed by atoms with Crippen LogP contribution < -0.4 is 5.73 Å². The van der Waals surface area contributed by atoms with E-state index in [0.29, 0.717) is 0 Å². The van der Waals surface area contributed by atoms with E-state index in [1.807, 2.05) is 0 Å². The van der Waals surface area contributed by atoms with Crippen molar-refractivity contribution in [1.29, 1.82) is 0 Å². The zero-order valence-electron chi connectivity index (χ0n) is 11.1. The van der Waals surface area contributed by atoms with Gasteiger partial charge in [-0.15, -0.1) is 0 Å². The summed E-state index contributed by atoms with van der Waals surface area (Å²) in [4.78, 5) is 0. The Balaban J connectivity index is 2.25. The fraction of sp³-hybridized carbons (Fsp3) is 0.250. The fourth-order valence-electron chi connectivity index (χ4n) is 2.17. The SMILES string of the molecule is Cc1ccc(C)c(CC(N)c2ccc(F)cc2Br)c1. The molecule has 0 aromatic heterocycles. The number of halogens is 2. The number of nitrogens with two attached hydrogens (primary N) is 1. The van der Waals surface area contributed by atoms with Gasteiger partial charge in [-0.05, 0) is 49.1 Å². The number of rotatable bonds is 3. The van der Waals surface area contributed by atoms with Crippen molar-refractivity contribution < 1.29 is 4.39 Å². The van der Waals surface area contributed by atoms with Crippen LogP contribution in [0.4, 0.5) is 4.39 Å². The zero-order valence-corrected chi connectivity index (χ0v) is 12.7. The van der Waals surface area contributed by atoms with E-state index in [1.165, 1.54) is 28.8 Å². The van der Waals surface area contributed by atoms with Crippen LogP contribution >= 0.6 is 15.9 Å². The summed E-state index contributed by atoms with van der Waals surface area (Å²) < 4.78 is 13.8. The Morgan fingerprint density at radius 3 is 2.58 bits per heavy atom. The van der Waals surface area contributed by atoms with Crippen LogP contribution in [0.3, 0.4) is 0 Å². The van der Waals surface area contributed by atoms with Gasteiger partial charge in [0.2, 0.25) is 0 Å². The maximum atomic E-state index is 13.1. The second kappa shape index (κ2) is 5.85. The van der Waals surface area contributed by atoms with Crippen LogP contribution in [0.2, 0.25) is 0 Å². The summed E-state index contributed by atoms with van der Waals surface area (Å²) in [7, 11) is 0. The van der Waals surface area contributed by atoms with E-state index in [9.17, 15) is 4.39 Å². The van der Waals surface area contributed by atoms with E-state index < -0.39 is 0 Å². The Hall–Kier alpha value is -1.19. The molecule has 1 atom stereocenters. The summed E-state index contributed by atoms with van der Waals surface area (Å²) in [5.74, 6) is -0.255. The third-order valence-corrected chi connectivity index (χ3v) is 3.99. The molecule has 0 saturated carbocycles. The van der Waals surface area contributed by atoms with Gasteiger partial charge in [0.15, 0.2) is 0 Å². The summed E-state index contributed by atoms with van der Waals surface area (Å²) >= 11 is 3.37. The van der Waals surface area contributed by atoms with Gasteiger partial charge in [-0.1, -0.05) is 45.8 Å². The molecule has 0 aliphatic carbocycles. The minimum absolute atomic E-state index is 0.143. The van der Waals surface area contributed by atoms with Gasteiger partial charge in [0.25, 0.3) is 0 Å². The van der Waals surface area contributed by atoms with Crippen LogP contribution in [0.25, 0.3) is 0 Å². The molecule has 0 aliphatic heterocycles. The molecule has 100 valence electrons. The predicted octanol–water partition coefficient (Wildman–Crippen LogP) is 4.45. The van der Waals surface area contributed by atoms with E-state index >= 15 is 0 Å². The second-order valence-corrected chi connectivity index (χ2v) is 5.76. The molecule has 0 bridgehead atoms. The Labute approximate surface area is 121 Å². The molecular formula is C16H17BrFN. The quantitative estimate of drug-likeness (QED) is 0.888. The van der Waals surface area contributed by atoms with Gasteiger partial charge in [-0.25, -0.2) is 4.39 Å². The second-order valence-electron chi connectivity index (χ2n) is 4.91. The Morgan fingerprint density at radius 2 is 1.89 bits per heavy atom. The van der Waals surface area contributed by atoms with Crippen molar-refractivity contribution in [2.75, 3.05) is 0 Å². The van der Waals surface area contributed by atoms with Crippen molar-refractivity contribution >= 4 is 15.9 Å². The van der Waals surface area contributed by atoms with Gasteiger partial charge in [-0.2, -0.15) is 0 Å². The largest absolute Gasteiger partial charge is 0.324 e. The summed E-state index contributed by atoms with van der Waals surface area (Å²) in [5.41, 5.74) is 10.9. The molecule has 0 heterocycles. The predicted molar refractivity (Wildman–Crippen MR) is 80.6 cm³/mol. The normalized spacial score (nSPS) is 12.5. The molecule has 0 aliphatic rings. The van der Waals surface area contributed by atoms with Crippen LogP contribution in [0.15, 0.2) is 40.9 Å². The lowest BCUT2D eigenvalue weighted by Crippen LogP contribution is -2.14. The molecule has 2 rings (SSSR count). The molecule has 2 aromatic carbocycles. The average molecular weight is 322 g/mol. The molecule has 0 spiro atoms. The molecule has 0 fully saturated rings. The summed E-state index contributed by atoms with van der Waals surface area (Å²) in [6.45, 7) is 4.16. The van der Waals surface area contributed by atoms with Gasteiger partial charge in [0, 0.05) is 10.5 Å². The van der Waals surface area contributed by atoms with Crippen LogP contribution in [0.1, 0.15) is 28.3 Å². The number of hydrogen-bond donors (Lipinski definition) is 1. The highest BCUT2D eigenvalue weighted by Crippen LogP contribution is 2.26. The molecule has 2 N–H and O–H groups in total. The lowest BCUT2D eigenvalue weighted by atomic mass is 9.95. The smallest absolute Gasteiger partial charge is 0.124 e. The minimum atomic E-state index is -0.255. The van der Waals surface area contributed by atoms with Crippen LogP contribution in [0.5, 0.6) is 0 Å². The Kier molecular flexibility index (Phi) is 4.38. The Morgan fingerprint density at radius 1 is 1.16 bits per heavy atom. The fourth-order valence-corrected chi connectivity index (χ4v) is 2.81. The molecule has 0 amide bonds. The first-order valence-corrected chi connectivity index (χ1v) is 7.03. The van der Waals surface area contributed by atoms with Gasteiger partial charge in [0.05, 0.1) is 0 Å². The summed E-state index contributed by atoms with van der Waals surface area (Å²) in [6.07, 6.45) is 0.748. The first-order chi connectivity index (χ1) is 8.97. The summed E-state index contributed by atoms with van der Waals surface area (Å²) in [6, 6.07) is 10.9. The number of aryl methyl sites for hydroxylation is 2. The first kappa shape index (κ1) is 14.2. The minimum Gasteiger partial charge on any atom is -0.324 e. The molecule has 1 nitrogen and oxygen atoms in total. The van der Waals surface area contributed by atoms with Gasteiger partial charge in [-0.3, -0.25) is 0 Å². The van der Waals surface area contributed by atoms with E-state index in [1.54, 1.807) is 6.07 Å². The highest BCUT2D eigenvalue weighted by atomic mass is 79.9. The van der Waals surface area contributed by atoms with Gasteiger partial charge >= 0.3 is 0 Å². The Bertz CT molecular complexity index is 595. The topological polar surface area (TPSA) is 26.0 Å². The molecule has 3 heteroatoms. The zero-order chi connectivity index (χ0) is 14.0. The molecule has 0 saturated heterocycles. The van der Waals surface area contributed by atoms with E-state index in [4.69, 9.17) is 5.73 Å². The molecule has 1 unspecified atom stereocenters. The molecule has 0 radical (unpaired) electrons. The van der Waals surface area contributed by atoms with Crippen LogP contribution in [-0.2, 0) is 6.42 Å². The van der Waals surface area contributed by atoms with Crippen molar-refractivity contribution in [3.05, 3.63) is 68.9 Å². The van der Waals surface area contributed by atoms with Crippen molar-refractivity contribution in [3.63, 3.8) is 0 Å². The molecular weight excluding hydrogens is 305 g/mol. The monoisotopic (exact) mass is 321 g/mol. The highest BCUT2D eigenvalue weighted by molar-refractivity contribution is 9.10. The maximum absolute atomic E-state index is 13.1. The number of benzene rings is 2. The third-order valence-electron chi connectivity index (χ3n) is 3.31. The van der Waals surface area contributed by atoms with Crippen molar-refractivity contribution in [3.8, 4) is 0 Å². The van der Waals surface area contributed by atoms with Crippen molar-refractivity contribution in [2.45, 2.75) is 26.3 Å². The van der Waals surface area contributed by atoms with Gasteiger partial charge in [0.1, 0.15) is 5.82 Å². The average Bonchev–Trinajstić information content (AvgIpc) is 2.33. The highest BCUT2D eigenvalue weighted by Gasteiger charge is 2.12. The lowest BCUT2D eigenvalue weighted by molar-refractivity contribution is 0.623. The standard InChI is InChI=1S/C16H17BrFN/c1-10-3-4-11(2)12(7-10)8-16(19)14-6-5-13(18)9-15(14)17/h3-7,9,16H,8,19H2,1-2H3. The number of hydrogen-bond acceptors (Lipinski definition) is 1. The van der Waals surface area contributed by atoms with Crippen LogP contribution in [-0.4, -0.2) is 0 Å². The van der Waals surface area contributed by atoms with Crippen molar-refractivity contribution in [1.82, 2.24) is 0 Å². The summed E-state index contributed by atoms with van der Waals surface area (Å²) in [5, 5.41) is 0. The maximum Gasteiger partial charge on any atom is 0.124 e. The molecule has 2 aromatic rings.